The first-order valence-corrected chi connectivity index (χ1v) is 13.0. The Morgan fingerprint density at radius 1 is 0.925 bits per heavy atom. The van der Waals surface area contributed by atoms with Gasteiger partial charge in [-0.05, 0) is 73.9 Å². The van der Waals surface area contributed by atoms with Crippen molar-refractivity contribution in [3.63, 3.8) is 0 Å². The van der Waals surface area contributed by atoms with Gasteiger partial charge in [-0.25, -0.2) is 4.79 Å². The van der Waals surface area contributed by atoms with Gasteiger partial charge in [-0.1, -0.05) is 30.3 Å². The van der Waals surface area contributed by atoms with Crippen molar-refractivity contribution in [1.82, 2.24) is 10.3 Å². The minimum Gasteiger partial charge on any atom is -0.489 e. The van der Waals surface area contributed by atoms with Gasteiger partial charge in [0.05, 0.1) is 13.2 Å². The third kappa shape index (κ3) is 8.34. The second-order valence-corrected chi connectivity index (χ2v) is 9.26. The normalized spacial score (nSPS) is 11.4. The maximum absolute atomic E-state index is 13.2. The predicted octanol–water partition coefficient (Wildman–Crippen LogP) is 4.47. The van der Waals surface area contributed by atoms with Crippen LogP contribution in [0.5, 0.6) is 5.75 Å². The molecule has 6 N–H and O–H groups in total. The summed E-state index contributed by atoms with van der Waals surface area (Å²) in [5, 5.41) is 9.30. The molecule has 0 saturated heterocycles. The standard InChI is InChI=1S/C30H33N5O5/c1-20-16-22-17-24(11-14-26(22)32-20)33-29(37)27(8-5-15-39-28(36)18-31)35-30(38)34-23-9-12-25(13-10-23)40-19-21-6-3-2-4-7-21/h2-4,6-7,9-14,16-17,27,32H,5,8,15,18-19,31H2,1H3,(H,33,37)(H2,34,35,38)/t27-/m0/s1. The molecule has 0 unspecified atom stereocenters. The van der Waals surface area contributed by atoms with E-state index in [2.05, 4.69) is 20.9 Å². The number of anilines is 2. The number of nitrogens with two attached hydrogens (primary N) is 1. The Labute approximate surface area is 232 Å². The first-order valence-electron chi connectivity index (χ1n) is 13.0. The Morgan fingerprint density at radius 3 is 2.42 bits per heavy atom. The van der Waals surface area contributed by atoms with Crippen molar-refractivity contribution in [2.45, 2.75) is 32.4 Å². The van der Waals surface area contributed by atoms with Crippen molar-refractivity contribution in [2.24, 2.45) is 5.73 Å². The summed E-state index contributed by atoms with van der Waals surface area (Å²) in [7, 11) is 0. The molecule has 1 aromatic heterocycles. The number of amides is 3. The van der Waals surface area contributed by atoms with Crippen LogP contribution in [0.2, 0.25) is 0 Å². The molecule has 4 aromatic rings. The number of carbonyl (C=O) groups is 3. The van der Waals surface area contributed by atoms with E-state index in [1.54, 1.807) is 30.3 Å². The monoisotopic (exact) mass is 543 g/mol. The summed E-state index contributed by atoms with van der Waals surface area (Å²) in [6.07, 6.45) is 0.600. The fourth-order valence-corrected chi connectivity index (χ4v) is 4.09. The lowest BCUT2D eigenvalue weighted by atomic mass is 10.1. The first kappa shape index (κ1) is 28.2. The van der Waals surface area contributed by atoms with Gasteiger partial charge in [0.15, 0.2) is 0 Å². The molecule has 10 heteroatoms. The van der Waals surface area contributed by atoms with E-state index in [4.69, 9.17) is 15.2 Å². The Bertz CT molecular complexity index is 1440. The van der Waals surface area contributed by atoms with Gasteiger partial charge in [0.1, 0.15) is 18.4 Å². The number of carbonyl (C=O) groups excluding carboxylic acids is 3. The second-order valence-electron chi connectivity index (χ2n) is 9.26. The average Bonchev–Trinajstić information content (AvgIpc) is 3.33. The quantitative estimate of drug-likeness (QED) is 0.132. The van der Waals surface area contributed by atoms with E-state index in [9.17, 15) is 14.4 Å². The number of esters is 1. The number of hydrogen-bond donors (Lipinski definition) is 5. The predicted molar refractivity (Wildman–Crippen MR) is 154 cm³/mol. The van der Waals surface area contributed by atoms with E-state index >= 15 is 0 Å². The van der Waals surface area contributed by atoms with Gasteiger partial charge in [-0.3, -0.25) is 9.59 Å². The van der Waals surface area contributed by atoms with Crippen molar-refractivity contribution in [3.05, 3.63) is 90.1 Å². The van der Waals surface area contributed by atoms with Gasteiger partial charge in [0.2, 0.25) is 5.91 Å². The Hall–Kier alpha value is -4.83. The third-order valence-corrected chi connectivity index (χ3v) is 6.07. The van der Waals surface area contributed by atoms with E-state index in [1.807, 2.05) is 55.5 Å². The zero-order valence-electron chi connectivity index (χ0n) is 22.2. The summed E-state index contributed by atoms with van der Waals surface area (Å²) >= 11 is 0. The van der Waals surface area contributed by atoms with E-state index in [1.165, 1.54) is 0 Å². The van der Waals surface area contributed by atoms with Crippen LogP contribution in [0.25, 0.3) is 10.9 Å². The van der Waals surface area contributed by atoms with Crippen molar-refractivity contribution < 1.29 is 23.9 Å². The van der Waals surface area contributed by atoms with Crippen LogP contribution in [0.3, 0.4) is 0 Å². The van der Waals surface area contributed by atoms with Crippen LogP contribution < -0.4 is 26.4 Å². The highest BCUT2D eigenvalue weighted by atomic mass is 16.5. The Kier molecular flexibility index (Phi) is 9.73. The Balaban J connectivity index is 1.35. The smallest absolute Gasteiger partial charge is 0.319 e. The first-order chi connectivity index (χ1) is 19.4. The highest BCUT2D eigenvalue weighted by Crippen LogP contribution is 2.21. The number of hydrogen-bond acceptors (Lipinski definition) is 6. The maximum atomic E-state index is 13.2. The number of ether oxygens (including phenoxy) is 2. The molecule has 0 aliphatic carbocycles. The fourth-order valence-electron chi connectivity index (χ4n) is 4.09. The van der Waals surface area contributed by atoms with E-state index in [-0.39, 0.29) is 19.6 Å². The van der Waals surface area contributed by atoms with Gasteiger partial charge in [0, 0.05) is 28.0 Å². The molecule has 40 heavy (non-hydrogen) atoms. The largest absolute Gasteiger partial charge is 0.489 e. The van der Waals surface area contributed by atoms with Crippen LogP contribution in [-0.4, -0.2) is 42.1 Å². The molecular weight excluding hydrogens is 510 g/mol. The molecule has 0 aliphatic rings. The van der Waals surface area contributed by atoms with Crippen LogP contribution in [0.15, 0.2) is 78.9 Å². The highest BCUT2D eigenvalue weighted by Gasteiger charge is 2.21. The van der Waals surface area contributed by atoms with Crippen LogP contribution in [0.1, 0.15) is 24.1 Å². The van der Waals surface area contributed by atoms with Crippen LogP contribution in [0.4, 0.5) is 16.2 Å². The molecule has 208 valence electrons. The molecule has 3 amide bonds. The number of rotatable bonds is 12. The highest BCUT2D eigenvalue weighted by molar-refractivity contribution is 6.00. The summed E-state index contributed by atoms with van der Waals surface area (Å²) in [6.45, 7) is 2.26. The van der Waals surface area contributed by atoms with E-state index < -0.39 is 23.9 Å². The minimum absolute atomic E-state index is 0.0855. The van der Waals surface area contributed by atoms with E-state index in [0.29, 0.717) is 30.2 Å². The van der Waals surface area contributed by atoms with E-state index in [0.717, 1.165) is 22.2 Å². The maximum Gasteiger partial charge on any atom is 0.319 e. The molecule has 0 radical (unpaired) electrons. The summed E-state index contributed by atoms with van der Waals surface area (Å²) in [5.41, 5.74) is 9.43. The van der Waals surface area contributed by atoms with Gasteiger partial charge >= 0.3 is 12.0 Å². The molecule has 0 saturated carbocycles. The zero-order valence-corrected chi connectivity index (χ0v) is 22.2. The number of aromatic amines is 1. The number of urea groups is 1. The number of fused-ring (bicyclic) bond motifs is 1. The minimum atomic E-state index is -0.881. The Morgan fingerprint density at radius 2 is 1.68 bits per heavy atom. The summed E-state index contributed by atoms with van der Waals surface area (Å²) in [6, 6.07) is 22.8. The van der Waals surface area contributed by atoms with Gasteiger partial charge in [-0.15, -0.1) is 0 Å². The lowest BCUT2D eigenvalue weighted by Gasteiger charge is -2.19. The zero-order chi connectivity index (χ0) is 28.3. The molecule has 10 nitrogen and oxygen atoms in total. The van der Waals surface area contributed by atoms with Crippen molar-refractivity contribution in [2.75, 3.05) is 23.8 Å². The van der Waals surface area contributed by atoms with Crippen molar-refractivity contribution in [1.29, 1.82) is 0 Å². The van der Waals surface area contributed by atoms with Gasteiger partial charge < -0.3 is 36.1 Å². The molecule has 4 rings (SSSR count). The van der Waals surface area contributed by atoms with Crippen LogP contribution in [0, 0.1) is 6.92 Å². The topological polar surface area (TPSA) is 148 Å². The molecule has 1 atom stereocenters. The van der Waals surface area contributed by atoms with Gasteiger partial charge in [-0.2, -0.15) is 0 Å². The molecule has 0 spiro atoms. The van der Waals surface area contributed by atoms with Crippen LogP contribution >= 0.6 is 0 Å². The summed E-state index contributed by atoms with van der Waals surface area (Å²) in [4.78, 5) is 40.5. The van der Waals surface area contributed by atoms with Gasteiger partial charge in [0.25, 0.3) is 0 Å². The second kappa shape index (κ2) is 13.8. The lowest BCUT2D eigenvalue weighted by Crippen LogP contribution is -2.45. The SMILES string of the molecule is Cc1cc2cc(NC(=O)[C@H](CCCOC(=O)CN)NC(=O)Nc3ccc(OCc4ccccc4)cc3)ccc2[nH]1. The lowest BCUT2D eigenvalue weighted by molar-refractivity contribution is -0.142. The number of aryl methyl sites for hydroxylation is 1. The van der Waals surface area contributed by atoms with Crippen LogP contribution in [-0.2, 0) is 20.9 Å². The molecular formula is C30H33N5O5. The van der Waals surface area contributed by atoms with Crippen molar-refractivity contribution >= 4 is 40.2 Å². The molecule has 0 fully saturated rings. The average molecular weight is 544 g/mol. The summed E-state index contributed by atoms with van der Waals surface area (Å²) < 4.78 is 10.8. The molecule has 0 aliphatic heterocycles. The number of aromatic nitrogens is 1. The molecule has 3 aromatic carbocycles. The number of H-pyrrole nitrogens is 1. The summed E-state index contributed by atoms with van der Waals surface area (Å²) in [5.74, 6) is -0.261. The molecule has 1 heterocycles. The third-order valence-electron chi connectivity index (χ3n) is 6.07. The number of nitrogens with one attached hydrogen (secondary N) is 4. The fraction of sp³-hybridized carbons (Fsp3) is 0.233. The number of benzene rings is 3. The molecule has 0 bridgehead atoms. The van der Waals surface area contributed by atoms with Crippen molar-refractivity contribution in [3.8, 4) is 5.75 Å².